The van der Waals surface area contributed by atoms with Crippen molar-refractivity contribution in [3.63, 3.8) is 0 Å². The maximum absolute atomic E-state index is 11.7. The molecule has 0 saturated carbocycles. The molecule has 0 aromatic heterocycles. The third kappa shape index (κ3) is 1.43. The first-order valence-corrected chi connectivity index (χ1v) is 6.32. The number of carbonyl (C=O) groups is 1. The SMILES string of the molecule is C=C1C(=O)OC2C1CC=C(C)C1CC=C(C)C12. The highest BCUT2D eigenvalue weighted by atomic mass is 16.6. The second-order valence-corrected chi connectivity index (χ2v) is 5.50. The molecule has 0 bridgehead atoms. The number of allylic oxidation sites excluding steroid dienone is 3. The molecule has 0 aromatic rings. The first-order chi connectivity index (χ1) is 8.09. The zero-order valence-corrected chi connectivity index (χ0v) is 10.4. The van der Waals surface area contributed by atoms with Gasteiger partial charge in [-0.15, -0.1) is 0 Å². The summed E-state index contributed by atoms with van der Waals surface area (Å²) in [4.78, 5) is 11.7. The van der Waals surface area contributed by atoms with Crippen LogP contribution in [0.1, 0.15) is 26.7 Å². The topological polar surface area (TPSA) is 26.3 Å². The second kappa shape index (κ2) is 3.59. The van der Waals surface area contributed by atoms with Crippen LogP contribution >= 0.6 is 0 Å². The van der Waals surface area contributed by atoms with Crippen molar-refractivity contribution in [1.29, 1.82) is 0 Å². The van der Waals surface area contributed by atoms with E-state index in [1.54, 1.807) is 0 Å². The maximum Gasteiger partial charge on any atom is 0.334 e. The van der Waals surface area contributed by atoms with E-state index in [4.69, 9.17) is 4.74 Å². The number of carbonyl (C=O) groups excluding carboxylic acids is 1. The van der Waals surface area contributed by atoms with Crippen molar-refractivity contribution in [2.75, 3.05) is 0 Å². The molecule has 1 saturated heterocycles. The van der Waals surface area contributed by atoms with Crippen molar-refractivity contribution >= 4 is 5.97 Å². The maximum atomic E-state index is 11.7. The van der Waals surface area contributed by atoms with E-state index in [1.165, 1.54) is 11.1 Å². The van der Waals surface area contributed by atoms with E-state index >= 15 is 0 Å². The van der Waals surface area contributed by atoms with E-state index in [0.29, 0.717) is 17.4 Å². The number of fused-ring (bicyclic) bond motifs is 3. The van der Waals surface area contributed by atoms with Crippen LogP contribution in [-0.4, -0.2) is 12.1 Å². The lowest BCUT2D eigenvalue weighted by molar-refractivity contribution is -0.141. The number of hydrogen-bond donors (Lipinski definition) is 0. The molecule has 2 heteroatoms. The highest BCUT2D eigenvalue weighted by molar-refractivity contribution is 5.91. The van der Waals surface area contributed by atoms with Crippen molar-refractivity contribution in [1.82, 2.24) is 0 Å². The fraction of sp³-hybridized carbons (Fsp3) is 0.533. The molecule has 0 aromatic carbocycles. The van der Waals surface area contributed by atoms with Gasteiger partial charge < -0.3 is 4.74 Å². The van der Waals surface area contributed by atoms with Gasteiger partial charge in [0, 0.05) is 17.4 Å². The molecular formula is C15H18O2. The van der Waals surface area contributed by atoms with Gasteiger partial charge in [-0.25, -0.2) is 4.79 Å². The minimum absolute atomic E-state index is 0.0208. The molecule has 4 unspecified atom stereocenters. The third-order valence-electron chi connectivity index (χ3n) is 4.64. The molecule has 2 nitrogen and oxygen atoms in total. The van der Waals surface area contributed by atoms with Crippen LogP contribution < -0.4 is 0 Å². The molecule has 2 aliphatic carbocycles. The number of hydrogen-bond acceptors (Lipinski definition) is 2. The van der Waals surface area contributed by atoms with Crippen LogP contribution in [0.4, 0.5) is 0 Å². The average molecular weight is 230 g/mol. The molecule has 90 valence electrons. The molecule has 3 rings (SSSR count). The lowest BCUT2D eigenvalue weighted by Gasteiger charge is -2.27. The minimum Gasteiger partial charge on any atom is -0.458 e. The van der Waals surface area contributed by atoms with Crippen LogP contribution in [0.15, 0.2) is 35.5 Å². The van der Waals surface area contributed by atoms with E-state index in [-0.39, 0.29) is 18.0 Å². The molecule has 1 heterocycles. The van der Waals surface area contributed by atoms with Gasteiger partial charge in [0.2, 0.25) is 0 Å². The molecular weight excluding hydrogens is 212 g/mol. The first kappa shape index (κ1) is 10.8. The van der Waals surface area contributed by atoms with Crippen LogP contribution in [0.5, 0.6) is 0 Å². The van der Waals surface area contributed by atoms with Gasteiger partial charge >= 0.3 is 5.97 Å². The number of ether oxygens (including phenoxy) is 1. The first-order valence-electron chi connectivity index (χ1n) is 6.32. The van der Waals surface area contributed by atoms with Crippen LogP contribution in [-0.2, 0) is 9.53 Å². The Morgan fingerprint density at radius 2 is 1.82 bits per heavy atom. The number of rotatable bonds is 0. The summed E-state index contributed by atoms with van der Waals surface area (Å²) < 4.78 is 5.58. The quantitative estimate of drug-likeness (QED) is 0.363. The van der Waals surface area contributed by atoms with E-state index in [0.717, 1.165) is 12.8 Å². The lowest BCUT2D eigenvalue weighted by atomic mass is 9.79. The van der Waals surface area contributed by atoms with E-state index in [1.807, 2.05) is 0 Å². The molecule has 17 heavy (non-hydrogen) atoms. The zero-order valence-electron chi connectivity index (χ0n) is 10.4. The van der Waals surface area contributed by atoms with Crippen LogP contribution in [0.25, 0.3) is 0 Å². The van der Waals surface area contributed by atoms with Crippen molar-refractivity contribution in [2.24, 2.45) is 17.8 Å². The van der Waals surface area contributed by atoms with Crippen molar-refractivity contribution in [2.45, 2.75) is 32.8 Å². The van der Waals surface area contributed by atoms with E-state index < -0.39 is 0 Å². The third-order valence-corrected chi connectivity index (χ3v) is 4.64. The predicted molar refractivity (Wildman–Crippen MR) is 66.2 cm³/mol. The molecule has 1 aliphatic heterocycles. The fourth-order valence-corrected chi connectivity index (χ4v) is 3.57. The van der Waals surface area contributed by atoms with Crippen molar-refractivity contribution in [3.8, 4) is 0 Å². The van der Waals surface area contributed by atoms with Gasteiger partial charge in [-0.3, -0.25) is 0 Å². The van der Waals surface area contributed by atoms with Crippen LogP contribution in [0.3, 0.4) is 0 Å². The summed E-state index contributed by atoms with van der Waals surface area (Å²) in [6, 6.07) is 0. The molecule has 1 fully saturated rings. The summed E-state index contributed by atoms with van der Waals surface area (Å²) in [7, 11) is 0. The Bertz CT molecular complexity index is 456. The van der Waals surface area contributed by atoms with Gasteiger partial charge in [-0.1, -0.05) is 29.9 Å². The Morgan fingerprint density at radius 1 is 1.18 bits per heavy atom. The lowest BCUT2D eigenvalue weighted by Crippen LogP contribution is -2.29. The van der Waals surface area contributed by atoms with Crippen LogP contribution in [0.2, 0.25) is 0 Å². The van der Waals surface area contributed by atoms with Crippen molar-refractivity contribution < 1.29 is 9.53 Å². The monoisotopic (exact) mass is 230 g/mol. The smallest absolute Gasteiger partial charge is 0.334 e. The summed E-state index contributed by atoms with van der Waals surface area (Å²) in [5.41, 5.74) is 3.49. The van der Waals surface area contributed by atoms with Crippen LogP contribution in [0, 0.1) is 17.8 Å². The Balaban J connectivity index is 2.03. The van der Waals surface area contributed by atoms with Gasteiger partial charge in [-0.05, 0) is 32.6 Å². The summed E-state index contributed by atoms with van der Waals surface area (Å²) in [6.45, 7) is 8.27. The highest BCUT2D eigenvalue weighted by Gasteiger charge is 2.48. The Hall–Kier alpha value is -1.31. The summed E-state index contributed by atoms with van der Waals surface area (Å²) >= 11 is 0. The second-order valence-electron chi connectivity index (χ2n) is 5.50. The van der Waals surface area contributed by atoms with E-state index in [2.05, 4.69) is 32.6 Å². The Morgan fingerprint density at radius 3 is 2.59 bits per heavy atom. The number of esters is 1. The summed E-state index contributed by atoms with van der Waals surface area (Å²) in [5.74, 6) is 0.908. The van der Waals surface area contributed by atoms with Gasteiger partial charge in [0.15, 0.2) is 0 Å². The summed E-state index contributed by atoms with van der Waals surface area (Å²) in [5, 5.41) is 0. The van der Waals surface area contributed by atoms with Gasteiger partial charge in [0.05, 0.1) is 0 Å². The Kier molecular flexibility index (Phi) is 2.29. The molecule has 0 amide bonds. The average Bonchev–Trinajstić information content (AvgIpc) is 2.75. The van der Waals surface area contributed by atoms with E-state index in [9.17, 15) is 4.79 Å². The molecule has 0 radical (unpaired) electrons. The largest absolute Gasteiger partial charge is 0.458 e. The Labute approximate surface area is 102 Å². The van der Waals surface area contributed by atoms with Gasteiger partial charge in [0.25, 0.3) is 0 Å². The standard InChI is InChI=1S/C15H18O2/c1-8-4-7-12-10(3)15(16)17-14(12)13-9(2)5-6-11(8)13/h4-5,11-14H,3,6-7H2,1-2H3. The van der Waals surface area contributed by atoms with Gasteiger partial charge in [-0.2, -0.15) is 0 Å². The minimum atomic E-state index is -0.189. The molecule has 4 atom stereocenters. The zero-order chi connectivity index (χ0) is 12.2. The normalized spacial score (nSPS) is 40.1. The van der Waals surface area contributed by atoms with Crippen molar-refractivity contribution in [3.05, 3.63) is 35.5 Å². The summed E-state index contributed by atoms with van der Waals surface area (Å²) in [6.07, 6.45) is 6.59. The fourth-order valence-electron chi connectivity index (χ4n) is 3.57. The van der Waals surface area contributed by atoms with Gasteiger partial charge in [0.1, 0.15) is 6.10 Å². The predicted octanol–water partition coefficient (Wildman–Crippen LogP) is 3.02. The molecule has 0 N–H and O–H groups in total. The highest BCUT2D eigenvalue weighted by Crippen LogP contribution is 2.48. The molecule has 3 aliphatic rings. The molecule has 0 spiro atoms.